The molecule has 0 bridgehead atoms. The lowest BCUT2D eigenvalue weighted by atomic mass is 10.3. The van der Waals surface area contributed by atoms with Crippen molar-refractivity contribution in [2.75, 3.05) is 6.26 Å². The van der Waals surface area contributed by atoms with Crippen molar-refractivity contribution in [3.05, 3.63) is 53.6 Å². The van der Waals surface area contributed by atoms with Gasteiger partial charge < -0.3 is 4.74 Å². The molecular formula is C13H10ClO3S. The second kappa shape index (κ2) is 5.00. The van der Waals surface area contributed by atoms with Crippen LogP contribution in [-0.4, -0.2) is 14.7 Å². The molecule has 0 unspecified atom stereocenters. The van der Waals surface area contributed by atoms with Crippen LogP contribution in [-0.2, 0) is 9.84 Å². The van der Waals surface area contributed by atoms with E-state index in [2.05, 4.69) is 6.07 Å². The molecule has 0 aliphatic rings. The molecule has 0 N–H and O–H groups in total. The van der Waals surface area contributed by atoms with Crippen LogP contribution in [0, 0.1) is 6.07 Å². The van der Waals surface area contributed by atoms with Crippen LogP contribution >= 0.6 is 11.6 Å². The van der Waals surface area contributed by atoms with E-state index in [1.807, 2.05) is 12.1 Å². The zero-order valence-corrected chi connectivity index (χ0v) is 11.1. The number of hydrogen-bond donors (Lipinski definition) is 0. The lowest BCUT2D eigenvalue weighted by Gasteiger charge is -2.07. The first kappa shape index (κ1) is 12.9. The smallest absolute Gasteiger partial charge is 0.176 e. The third kappa shape index (κ3) is 3.03. The summed E-state index contributed by atoms with van der Waals surface area (Å²) in [5, 5.41) is 0.144. The number of para-hydroxylation sites is 1. The Labute approximate surface area is 111 Å². The molecule has 18 heavy (non-hydrogen) atoms. The Morgan fingerprint density at radius 1 is 1.22 bits per heavy atom. The van der Waals surface area contributed by atoms with Crippen LogP contribution in [0.15, 0.2) is 47.4 Å². The standard InChI is InChI=1S/C13H10ClO3S/c1-18(15,16)13-8-7-11(9-12(13)14)17-10-5-3-2-4-6-10/h2-5,7-9H,1H3. The predicted molar refractivity (Wildman–Crippen MR) is 69.9 cm³/mol. The van der Waals surface area contributed by atoms with Crippen LogP contribution in [0.1, 0.15) is 0 Å². The molecule has 93 valence electrons. The second-order valence-corrected chi connectivity index (χ2v) is 6.08. The Hall–Kier alpha value is -1.52. The van der Waals surface area contributed by atoms with Crippen LogP contribution in [0.25, 0.3) is 0 Å². The van der Waals surface area contributed by atoms with Crippen molar-refractivity contribution in [2.24, 2.45) is 0 Å². The number of hydrogen-bond acceptors (Lipinski definition) is 3. The van der Waals surface area contributed by atoms with Gasteiger partial charge in [0.1, 0.15) is 11.5 Å². The minimum Gasteiger partial charge on any atom is -0.457 e. The van der Waals surface area contributed by atoms with Gasteiger partial charge in [-0.2, -0.15) is 0 Å². The molecule has 0 fully saturated rings. The van der Waals surface area contributed by atoms with Crippen molar-refractivity contribution in [3.8, 4) is 11.5 Å². The molecule has 1 radical (unpaired) electrons. The summed E-state index contributed by atoms with van der Waals surface area (Å²) in [6.07, 6.45) is 1.11. The van der Waals surface area contributed by atoms with Crippen molar-refractivity contribution < 1.29 is 13.2 Å². The van der Waals surface area contributed by atoms with Gasteiger partial charge in [0.25, 0.3) is 0 Å². The molecule has 0 spiro atoms. The molecule has 3 nitrogen and oxygen atoms in total. The average molecular weight is 282 g/mol. The first-order valence-corrected chi connectivity index (χ1v) is 7.38. The van der Waals surface area contributed by atoms with E-state index in [0.717, 1.165) is 6.26 Å². The Morgan fingerprint density at radius 2 is 2.00 bits per heavy atom. The fourth-order valence-electron chi connectivity index (χ4n) is 1.41. The van der Waals surface area contributed by atoms with Gasteiger partial charge in [0, 0.05) is 18.4 Å². The zero-order chi connectivity index (χ0) is 13.2. The van der Waals surface area contributed by atoms with Crippen LogP contribution in [0.5, 0.6) is 11.5 Å². The number of halogens is 1. The van der Waals surface area contributed by atoms with Gasteiger partial charge in [0.2, 0.25) is 0 Å². The summed E-state index contributed by atoms with van der Waals surface area (Å²) in [6, 6.07) is 14.5. The van der Waals surface area contributed by atoms with Gasteiger partial charge in [-0.05, 0) is 18.2 Å². The Balaban J connectivity index is 2.30. The lowest BCUT2D eigenvalue weighted by Crippen LogP contribution is -1.98. The fraction of sp³-hybridized carbons (Fsp3) is 0.0769. The van der Waals surface area contributed by atoms with Gasteiger partial charge in [-0.25, -0.2) is 8.42 Å². The summed E-state index contributed by atoms with van der Waals surface area (Å²) in [6.45, 7) is 0. The van der Waals surface area contributed by atoms with Crippen LogP contribution in [0.4, 0.5) is 0 Å². The average Bonchev–Trinajstić information content (AvgIpc) is 2.28. The summed E-state index contributed by atoms with van der Waals surface area (Å²) in [5.41, 5.74) is 0. The highest BCUT2D eigenvalue weighted by atomic mass is 35.5. The molecule has 0 saturated heterocycles. The quantitative estimate of drug-likeness (QED) is 0.867. The number of benzene rings is 2. The highest BCUT2D eigenvalue weighted by molar-refractivity contribution is 7.90. The molecule has 0 saturated carbocycles. The van der Waals surface area contributed by atoms with Gasteiger partial charge in [0.15, 0.2) is 9.84 Å². The van der Waals surface area contributed by atoms with E-state index in [9.17, 15) is 8.42 Å². The van der Waals surface area contributed by atoms with E-state index in [0.29, 0.717) is 11.5 Å². The Kier molecular flexibility index (Phi) is 3.59. The summed E-state index contributed by atoms with van der Waals surface area (Å²) in [4.78, 5) is 0.0913. The zero-order valence-electron chi connectivity index (χ0n) is 9.55. The molecule has 2 aromatic carbocycles. The van der Waals surface area contributed by atoms with Crippen molar-refractivity contribution >= 4 is 21.4 Å². The fourth-order valence-corrected chi connectivity index (χ4v) is 2.73. The van der Waals surface area contributed by atoms with E-state index in [4.69, 9.17) is 16.3 Å². The summed E-state index contributed by atoms with van der Waals surface area (Å²) in [7, 11) is -3.32. The maximum Gasteiger partial charge on any atom is 0.176 e. The van der Waals surface area contributed by atoms with E-state index in [-0.39, 0.29) is 9.92 Å². The minimum absolute atomic E-state index is 0.0913. The molecule has 2 rings (SSSR count). The third-order valence-electron chi connectivity index (χ3n) is 2.21. The van der Waals surface area contributed by atoms with Gasteiger partial charge >= 0.3 is 0 Å². The molecule has 0 amide bonds. The van der Waals surface area contributed by atoms with Crippen molar-refractivity contribution in [3.63, 3.8) is 0 Å². The Bertz CT molecular complexity index is 651. The molecule has 0 aliphatic heterocycles. The lowest BCUT2D eigenvalue weighted by molar-refractivity contribution is 0.481. The second-order valence-electron chi connectivity index (χ2n) is 3.69. The van der Waals surface area contributed by atoms with E-state index in [1.165, 1.54) is 12.1 Å². The molecule has 0 aliphatic carbocycles. The van der Waals surface area contributed by atoms with Crippen molar-refractivity contribution in [1.29, 1.82) is 0 Å². The maximum atomic E-state index is 11.4. The molecule has 2 aromatic rings. The molecule has 0 heterocycles. The van der Waals surface area contributed by atoms with Gasteiger partial charge in [-0.3, -0.25) is 0 Å². The van der Waals surface area contributed by atoms with Crippen LogP contribution < -0.4 is 4.74 Å². The highest BCUT2D eigenvalue weighted by Gasteiger charge is 2.12. The van der Waals surface area contributed by atoms with Crippen LogP contribution in [0.2, 0.25) is 5.02 Å². The number of rotatable bonds is 3. The normalized spacial score (nSPS) is 11.2. The molecular weight excluding hydrogens is 272 g/mol. The van der Waals surface area contributed by atoms with E-state index >= 15 is 0 Å². The number of ether oxygens (including phenoxy) is 1. The molecule has 5 heteroatoms. The van der Waals surface area contributed by atoms with Gasteiger partial charge in [0.05, 0.1) is 9.92 Å². The highest BCUT2D eigenvalue weighted by Crippen LogP contribution is 2.28. The monoisotopic (exact) mass is 281 g/mol. The van der Waals surface area contributed by atoms with Crippen LogP contribution in [0.3, 0.4) is 0 Å². The van der Waals surface area contributed by atoms with E-state index < -0.39 is 9.84 Å². The van der Waals surface area contributed by atoms with E-state index in [1.54, 1.807) is 18.2 Å². The largest absolute Gasteiger partial charge is 0.457 e. The van der Waals surface area contributed by atoms with Gasteiger partial charge in [-0.1, -0.05) is 29.8 Å². The summed E-state index contributed by atoms with van der Waals surface area (Å²) >= 11 is 5.91. The SMILES string of the molecule is CS(=O)(=O)c1ccc(Oc2[c]cccc2)cc1Cl. The summed E-state index contributed by atoms with van der Waals surface area (Å²) in [5.74, 6) is 1.01. The first-order chi connectivity index (χ1) is 8.47. The number of sulfone groups is 1. The first-order valence-electron chi connectivity index (χ1n) is 5.11. The predicted octanol–water partition coefficient (Wildman–Crippen LogP) is 3.34. The molecule has 0 aromatic heterocycles. The topological polar surface area (TPSA) is 43.4 Å². The van der Waals surface area contributed by atoms with Gasteiger partial charge in [-0.15, -0.1) is 0 Å². The summed E-state index contributed by atoms with van der Waals surface area (Å²) < 4.78 is 28.3. The molecule has 0 atom stereocenters. The third-order valence-corrected chi connectivity index (χ3v) is 3.79. The maximum absolute atomic E-state index is 11.4. The minimum atomic E-state index is -3.32. The Morgan fingerprint density at radius 3 is 2.56 bits per heavy atom. The van der Waals surface area contributed by atoms with Crippen molar-refractivity contribution in [2.45, 2.75) is 4.90 Å². The van der Waals surface area contributed by atoms with Crippen molar-refractivity contribution in [1.82, 2.24) is 0 Å².